The molecule has 0 saturated heterocycles. The highest BCUT2D eigenvalue weighted by molar-refractivity contribution is 7.85. The van der Waals surface area contributed by atoms with Crippen LogP contribution in [0.5, 0.6) is 0 Å². The van der Waals surface area contributed by atoms with E-state index in [2.05, 4.69) is 0 Å². The van der Waals surface area contributed by atoms with E-state index in [9.17, 15) is 9.42 Å². The van der Waals surface area contributed by atoms with Gasteiger partial charge in [-0.2, -0.15) is 4.73 Å². The lowest BCUT2D eigenvalue weighted by Crippen LogP contribution is -1.93. The first kappa shape index (κ1) is 11.9. The fourth-order valence-corrected chi connectivity index (χ4v) is 2.89. The molecule has 3 nitrogen and oxygen atoms in total. The quantitative estimate of drug-likeness (QED) is 0.832. The van der Waals surface area contributed by atoms with Gasteiger partial charge >= 0.3 is 0 Å². The predicted molar refractivity (Wildman–Crippen MR) is 66.9 cm³/mol. The third-order valence-corrected chi connectivity index (χ3v) is 4.44. The van der Waals surface area contributed by atoms with Crippen molar-refractivity contribution < 1.29 is 9.42 Å². The molecule has 0 amide bonds. The zero-order chi connectivity index (χ0) is 12.6. The average Bonchev–Trinajstić information content (AvgIpc) is 2.57. The van der Waals surface area contributed by atoms with Crippen molar-refractivity contribution in [1.82, 2.24) is 4.73 Å². The first-order chi connectivity index (χ1) is 8.00. The van der Waals surface area contributed by atoms with Crippen molar-refractivity contribution in [3.05, 3.63) is 47.3 Å². The zero-order valence-electron chi connectivity index (χ0n) is 10.1. The summed E-state index contributed by atoms with van der Waals surface area (Å²) in [6.07, 6.45) is 1.51. The van der Waals surface area contributed by atoms with Crippen LogP contribution in [-0.2, 0) is 10.8 Å². The lowest BCUT2D eigenvalue weighted by atomic mass is 10.2. The second kappa shape index (κ2) is 4.37. The van der Waals surface area contributed by atoms with E-state index >= 15 is 0 Å². The summed E-state index contributed by atoms with van der Waals surface area (Å²) < 4.78 is 13.4. The van der Waals surface area contributed by atoms with Gasteiger partial charge in [-0.25, -0.2) is 4.21 Å². The molecule has 1 unspecified atom stereocenters. The zero-order valence-corrected chi connectivity index (χ0v) is 10.9. The fourth-order valence-electron chi connectivity index (χ4n) is 1.63. The van der Waals surface area contributed by atoms with Crippen LogP contribution in [0.1, 0.15) is 16.8 Å². The number of hydrogen-bond donors (Lipinski definition) is 1. The van der Waals surface area contributed by atoms with E-state index in [0.29, 0.717) is 4.90 Å². The van der Waals surface area contributed by atoms with E-state index in [1.807, 2.05) is 38.1 Å². The third-order valence-electron chi connectivity index (χ3n) is 2.93. The van der Waals surface area contributed by atoms with E-state index in [0.717, 1.165) is 26.4 Å². The van der Waals surface area contributed by atoms with Gasteiger partial charge in [0.05, 0.1) is 27.6 Å². The fraction of sp³-hybridized carbons (Fsp3) is 0.231. The Labute approximate surface area is 103 Å². The summed E-state index contributed by atoms with van der Waals surface area (Å²) in [5.41, 5.74) is 2.73. The van der Waals surface area contributed by atoms with E-state index in [1.54, 1.807) is 6.92 Å². The Morgan fingerprint density at radius 2 is 1.71 bits per heavy atom. The second-order valence-corrected chi connectivity index (χ2v) is 5.58. The van der Waals surface area contributed by atoms with Crippen LogP contribution in [-0.4, -0.2) is 14.1 Å². The average molecular weight is 249 g/mol. The van der Waals surface area contributed by atoms with Crippen molar-refractivity contribution in [2.45, 2.75) is 30.6 Å². The number of rotatable bonds is 2. The molecule has 90 valence electrons. The van der Waals surface area contributed by atoms with E-state index in [-0.39, 0.29) is 0 Å². The van der Waals surface area contributed by atoms with Crippen LogP contribution >= 0.6 is 0 Å². The molecular weight excluding hydrogens is 234 g/mol. The van der Waals surface area contributed by atoms with Gasteiger partial charge in [-0.15, -0.1) is 0 Å². The molecule has 0 aliphatic carbocycles. The van der Waals surface area contributed by atoms with Gasteiger partial charge in [0.2, 0.25) is 0 Å². The minimum atomic E-state index is -1.24. The van der Waals surface area contributed by atoms with E-state index < -0.39 is 10.8 Å². The van der Waals surface area contributed by atoms with Crippen LogP contribution in [0.3, 0.4) is 0 Å². The molecule has 2 rings (SSSR count). The molecule has 0 spiro atoms. The summed E-state index contributed by atoms with van der Waals surface area (Å²) in [6, 6.07) is 7.58. The molecule has 0 aliphatic heterocycles. The Balaban J connectivity index is 2.44. The molecule has 1 aromatic heterocycles. The number of hydrogen-bond acceptors (Lipinski definition) is 2. The van der Waals surface area contributed by atoms with Gasteiger partial charge < -0.3 is 5.21 Å². The van der Waals surface area contributed by atoms with Crippen molar-refractivity contribution in [2.75, 3.05) is 0 Å². The van der Waals surface area contributed by atoms with Crippen LogP contribution in [0.15, 0.2) is 40.3 Å². The Morgan fingerprint density at radius 3 is 2.18 bits per heavy atom. The first-order valence-electron chi connectivity index (χ1n) is 5.37. The maximum absolute atomic E-state index is 12.3. The van der Waals surface area contributed by atoms with Gasteiger partial charge in [0.15, 0.2) is 0 Å². The predicted octanol–water partition coefficient (Wildman–Crippen LogP) is 2.82. The molecule has 4 heteroatoms. The third kappa shape index (κ3) is 2.13. The van der Waals surface area contributed by atoms with Crippen molar-refractivity contribution in [1.29, 1.82) is 0 Å². The molecule has 1 atom stereocenters. The highest BCUT2D eigenvalue weighted by Crippen LogP contribution is 2.23. The van der Waals surface area contributed by atoms with Crippen molar-refractivity contribution in [3.8, 4) is 0 Å². The molecule has 2 aromatic rings. The van der Waals surface area contributed by atoms with Crippen LogP contribution in [0.25, 0.3) is 0 Å². The second-order valence-electron chi connectivity index (χ2n) is 4.13. The van der Waals surface area contributed by atoms with Gasteiger partial charge in [0, 0.05) is 4.90 Å². The molecule has 1 aromatic carbocycles. The molecule has 0 fully saturated rings. The van der Waals surface area contributed by atoms with Gasteiger partial charge in [0.1, 0.15) is 0 Å². The summed E-state index contributed by atoms with van der Waals surface area (Å²) in [5, 5.41) is 9.54. The van der Waals surface area contributed by atoms with Crippen LogP contribution < -0.4 is 0 Å². The van der Waals surface area contributed by atoms with Crippen LogP contribution in [0, 0.1) is 20.8 Å². The number of aromatic nitrogens is 1. The monoisotopic (exact) mass is 249 g/mol. The van der Waals surface area contributed by atoms with Gasteiger partial charge in [-0.3, -0.25) is 0 Å². The topological polar surface area (TPSA) is 42.2 Å². The van der Waals surface area contributed by atoms with Crippen molar-refractivity contribution in [2.24, 2.45) is 0 Å². The lowest BCUT2D eigenvalue weighted by molar-refractivity contribution is 0.180. The molecule has 0 bridgehead atoms. The van der Waals surface area contributed by atoms with Crippen molar-refractivity contribution >= 4 is 10.8 Å². The number of nitrogens with zero attached hydrogens (tertiary/aromatic N) is 1. The first-order valence-corrected chi connectivity index (χ1v) is 6.52. The maximum atomic E-state index is 12.3. The Morgan fingerprint density at radius 1 is 1.12 bits per heavy atom. The van der Waals surface area contributed by atoms with Crippen LogP contribution in [0.2, 0.25) is 0 Å². The molecule has 17 heavy (non-hydrogen) atoms. The summed E-state index contributed by atoms with van der Waals surface area (Å²) in [6.45, 7) is 5.65. The maximum Gasteiger partial charge on any atom is 0.0869 e. The minimum Gasteiger partial charge on any atom is -0.429 e. The molecular formula is C13H15NO2S. The molecule has 0 aliphatic rings. The Bertz CT molecular complexity index is 570. The van der Waals surface area contributed by atoms with Gasteiger partial charge in [-0.05, 0) is 38.5 Å². The normalized spacial score (nSPS) is 12.6. The Hall–Kier alpha value is -1.55. The summed E-state index contributed by atoms with van der Waals surface area (Å²) in [7, 11) is -1.24. The highest BCUT2D eigenvalue weighted by Gasteiger charge is 2.15. The van der Waals surface area contributed by atoms with Crippen LogP contribution in [0.4, 0.5) is 0 Å². The van der Waals surface area contributed by atoms with E-state index in [4.69, 9.17) is 0 Å². The van der Waals surface area contributed by atoms with Crippen molar-refractivity contribution in [3.63, 3.8) is 0 Å². The molecule has 1 N–H and O–H groups in total. The van der Waals surface area contributed by atoms with E-state index in [1.165, 1.54) is 6.20 Å². The molecule has 1 heterocycles. The lowest BCUT2D eigenvalue weighted by Gasteiger charge is -2.01. The summed E-state index contributed by atoms with van der Waals surface area (Å²) in [4.78, 5) is 1.41. The van der Waals surface area contributed by atoms with Gasteiger partial charge in [0.25, 0.3) is 0 Å². The smallest absolute Gasteiger partial charge is 0.0869 e. The standard InChI is InChI=1S/C13H15NO2S/c1-9-4-6-12(7-5-9)17(16)13-8-14(15)11(3)10(13)2/h4-8,15H,1-3H3. The Kier molecular flexibility index (Phi) is 3.07. The minimum absolute atomic E-state index is 0.661. The largest absolute Gasteiger partial charge is 0.429 e. The van der Waals surface area contributed by atoms with Gasteiger partial charge in [-0.1, -0.05) is 17.7 Å². The molecule has 0 radical (unpaired) electrons. The summed E-state index contributed by atoms with van der Waals surface area (Å²) in [5.74, 6) is 0. The SMILES string of the molecule is Cc1ccc(S(=O)c2cn(O)c(C)c2C)cc1. The number of benzene rings is 1. The highest BCUT2D eigenvalue weighted by atomic mass is 32.2. The molecule has 0 saturated carbocycles. The number of aryl methyl sites for hydroxylation is 1. The summed E-state index contributed by atoms with van der Waals surface area (Å²) >= 11 is 0.